The third-order valence-corrected chi connectivity index (χ3v) is 6.62. The van der Waals surface area contributed by atoms with Crippen LogP contribution in [0.1, 0.15) is 37.6 Å². The van der Waals surface area contributed by atoms with Crippen molar-refractivity contribution in [3.05, 3.63) is 72.6 Å². The zero-order chi connectivity index (χ0) is 23.4. The Bertz CT molecular complexity index is 1180. The number of carbonyl (C=O) groups excluding carboxylic acids is 2. The van der Waals surface area contributed by atoms with Crippen LogP contribution >= 0.6 is 0 Å². The lowest BCUT2D eigenvalue weighted by Crippen LogP contribution is -2.27. The molecule has 0 aliphatic heterocycles. The summed E-state index contributed by atoms with van der Waals surface area (Å²) in [7, 11) is -2.73. The summed E-state index contributed by atoms with van der Waals surface area (Å²) in [6.07, 6.45) is 12.0. The maximum atomic E-state index is 13.0. The molecule has 168 valence electrons. The molecule has 2 amide bonds. The second-order valence-electron chi connectivity index (χ2n) is 8.51. The van der Waals surface area contributed by atoms with E-state index in [1.54, 1.807) is 57.3 Å². The molecule has 1 heterocycles. The molecule has 0 spiro atoms. The van der Waals surface area contributed by atoms with Crippen molar-refractivity contribution < 1.29 is 18.5 Å². The molecular weight excluding hydrogens is 426 g/mol. The molecule has 0 radical (unpaired) electrons. The molecule has 1 aromatic carbocycles. The van der Waals surface area contributed by atoms with Crippen molar-refractivity contribution in [1.29, 1.82) is 0 Å². The molecule has 1 N–H and O–H groups in total. The van der Waals surface area contributed by atoms with Gasteiger partial charge < -0.3 is 4.74 Å². The molecule has 0 bridgehead atoms. The number of nitrogens with zero attached hydrogens (tertiary/aromatic N) is 2. The fraction of sp³-hybridized carbons (Fsp3) is 0.292. The number of pyridine rings is 1. The Morgan fingerprint density at radius 1 is 1.12 bits per heavy atom. The second kappa shape index (κ2) is 9.48. The Morgan fingerprint density at radius 3 is 2.47 bits per heavy atom. The van der Waals surface area contributed by atoms with Gasteiger partial charge in [0.25, 0.3) is 5.91 Å². The van der Waals surface area contributed by atoms with E-state index in [0.29, 0.717) is 17.7 Å². The summed E-state index contributed by atoms with van der Waals surface area (Å²) in [5, 5.41) is 2.38. The van der Waals surface area contributed by atoms with Crippen LogP contribution in [0, 0.1) is 0 Å². The fourth-order valence-corrected chi connectivity index (χ4v) is 4.47. The Hall–Kier alpha value is -3.26. The minimum Gasteiger partial charge on any atom is -0.444 e. The number of amides is 2. The highest BCUT2D eigenvalue weighted by Crippen LogP contribution is 2.23. The van der Waals surface area contributed by atoms with Gasteiger partial charge in [-0.25, -0.2) is 9.00 Å². The van der Waals surface area contributed by atoms with Gasteiger partial charge in [0.05, 0.1) is 20.5 Å². The van der Waals surface area contributed by atoms with Gasteiger partial charge in [0.1, 0.15) is 5.60 Å². The smallest absolute Gasteiger partial charge is 0.412 e. The first-order valence-electron chi connectivity index (χ1n) is 10.2. The van der Waals surface area contributed by atoms with Crippen LogP contribution in [0.25, 0.3) is 11.1 Å². The van der Waals surface area contributed by atoms with E-state index in [4.69, 9.17) is 4.74 Å². The SMILES string of the molecule is CC(C)(C)OC(=O)Nc1ccc(-c2cncc(C(=O)N=[S@@](C)(=O)C3C=CC=CC3)c2)cc1. The van der Waals surface area contributed by atoms with E-state index < -0.39 is 27.3 Å². The van der Waals surface area contributed by atoms with Crippen LogP contribution in [-0.4, -0.2) is 38.3 Å². The second-order valence-corrected chi connectivity index (χ2v) is 11.0. The summed E-state index contributed by atoms with van der Waals surface area (Å²) < 4.78 is 22.2. The number of carbonyl (C=O) groups is 2. The highest BCUT2D eigenvalue weighted by Gasteiger charge is 2.19. The lowest BCUT2D eigenvalue weighted by Gasteiger charge is -2.19. The van der Waals surface area contributed by atoms with E-state index >= 15 is 0 Å². The van der Waals surface area contributed by atoms with E-state index in [1.165, 1.54) is 12.5 Å². The van der Waals surface area contributed by atoms with Crippen molar-refractivity contribution in [2.45, 2.75) is 38.0 Å². The van der Waals surface area contributed by atoms with Gasteiger partial charge in [-0.2, -0.15) is 4.36 Å². The number of rotatable bonds is 4. The largest absolute Gasteiger partial charge is 0.444 e. The Labute approximate surface area is 188 Å². The van der Waals surface area contributed by atoms with Crippen LogP contribution in [0.2, 0.25) is 0 Å². The van der Waals surface area contributed by atoms with Crippen LogP contribution in [-0.2, 0) is 14.5 Å². The zero-order valence-corrected chi connectivity index (χ0v) is 19.4. The van der Waals surface area contributed by atoms with Gasteiger partial charge in [-0.3, -0.25) is 15.1 Å². The Balaban J connectivity index is 1.76. The van der Waals surface area contributed by atoms with Crippen LogP contribution < -0.4 is 5.32 Å². The molecular formula is C24H27N3O4S. The first-order chi connectivity index (χ1) is 15.0. The molecule has 0 fully saturated rings. The Morgan fingerprint density at radius 2 is 1.84 bits per heavy atom. The highest BCUT2D eigenvalue weighted by molar-refractivity contribution is 7.94. The van der Waals surface area contributed by atoms with Gasteiger partial charge in [-0.15, -0.1) is 0 Å². The molecule has 0 saturated heterocycles. The van der Waals surface area contributed by atoms with Crippen molar-refractivity contribution in [2.75, 3.05) is 11.6 Å². The monoisotopic (exact) mass is 453 g/mol. The summed E-state index contributed by atoms with van der Waals surface area (Å²) in [4.78, 5) is 28.7. The van der Waals surface area contributed by atoms with Gasteiger partial charge >= 0.3 is 6.09 Å². The van der Waals surface area contributed by atoms with E-state index in [9.17, 15) is 13.8 Å². The average molecular weight is 454 g/mol. The molecule has 1 aromatic heterocycles. The number of hydrogen-bond acceptors (Lipinski definition) is 5. The molecule has 1 aliphatic rings. The molecule has 2 atom stereocenters. The number of nitrogens with one attached hydrogen (secondary N) is 1. The average Bonchev–Trinajstić information content (AvgIpc) is 2.73. The van der Waals surface area contributed by atoms with Gasteiger partial charge in [0.15, 0.2) is 0 Å². The quantitative estimate of drug-likeness (QED) is 0.685. The van der Waals surface area contributed by atoms with E-state index in [1.807, 2.05) is 24.3 Å². The van der Waals surface area contributed by atoms with Gasteiger partial charge in [0.2, 0.25) is 0 Å². The molecule has 7 nitrogen and oxygen atoms in total. The summed E-state index contributed by atoms with van der Waals surface area (Å²) in [6, 6.07) is 8.75. The molecule has 0 saturated carbocycles. The molecule has 8 heteroatoms. The number of ether oxygens (including phenoxy) is 1. The minimum absolute atomic E-state index is 0.267. The molecule has 1 aliphatic carbocycles. The van der Waals surface area contributed by atoms with Crippen LogP contribution in [0.15, 0.2) is 71.4 Å². The fourth-order valence-electron chi connectivity index (χ4n) is 3.05. The summed E-state index contributed by atoms with van der Waals surface area (Å²) >= 11 is 0. The first-order valence-corrected chi connectivity index (χ1v) is 12.2. The highest BCUT2D eigenvalue weighted by atomic mass is 32.2. The molecule has 1 unspecified atom stereocenters. The lowest BCUT2D eigenvalue weighted by molar-refractivity contribution is 0.0635. The number of benzene rings is 1. The molecule has 3 rings (SSSR count). The predicted octanol–water partition coefficient (Wildman–Crippen LogP) is 5.22. The molecule has 2 aromatic rings. The van der Waals surface area contributed by atoms with Crippen molar-refractivity contribution in [3.63, 3.8) is 0 Å². The van der Waals surface area contributed by atoms with E-state index in [0.717, 1.165) is 5.56 Å². The number of anilines is 1. The van der Waals surface area contributed by atoms with Crippen LogP contribution in [0.5, 0.6) is 0 Å². The minimum atomic E-state index is -2.73. The van der Waals surface area contributed by atoms with Crippen molar-refractivity contribution in [2.24, 2.45) is 4.36 Å². The normalized spacial score (nSPS) is 17.3. The van der Waals surface area contributed by atoms with E-state index in [-0.39, 0.29) is 10.8 Å². The van der Waals surface area contributed by atoms with Gasteiger partial charge in [-0.1, -0.05) is 36.4 Å². The standard InChI is InChI=1S/C24H27N3O4S/c1-24(2,3)31-23(29)26-20-12-10-17(11-13-20)18-14-19(16-25-15-18)22(28)27-32(4,30)21-8-6-5-7-9-21/h5-8,10-16,21H,9H2,1-4H3,(H,26,29)/t21?,32-/m0/s1. The van der Waals surface area contributed by atoms with Gasteiger partial charge in [-0.05, 0) is 51.0 Å². The molecule has 32 heavy (non-hydrogen) atoms. The van der Waals surface area contributed by atoms with Crippen molar-refractivity contribution in [1.82, 2.24) is 4.98 Å². The summed E-state index contributed by atoms with van der Waals surface area (Å²) in [5.41, 5.74) is 1.78. The van der Waals surface area contributed by atoms with E-state index in [2.05, 4.69) is 14.7 Å². The maximum absolute atomic E-state index is 13.0. The van der Waals surface area contributed by atoms with Crippen LogP contribution in [0.4, 0.5) is 10.5 Å². The van der Waals surface area contributed by atoms with Gasteiger partial charge in [0, 0.05) is 29.9 Å². The van der Waals surface area contributed by atoms with Crippen molar-refractivity contribution in [3.8, 4) is 11.1 Å². The van der Waals surface area contributed by atoms with Crippen LogP contribution in [0.3, 0.4) is 0 Å². The third-order valence-electron chi connectivity index (χ3n) is 4.62. The lowest BCUT2D eigenvalue weighted by atomic mass is 10.1. The van der Waals surface area contributed by atoms with Crippen molar-refractivity contribution >= 4 is 27.4 Å². The number of hydrogen-bond donors (Lipinski definition) is 1. The third kappa shape index (κ3) is 6.37. The first kappa shape index (κ1) is 23.4. The Kier molecular flexibility index (Phi) is 6.93. The number of allylic oxidation sites excluding steroid dienone is 3. The topological polar surface area (TPSA) is 97.7 Å². The maximum Gasteiger partial charge on any atom is 0.412 e. The predicted molar refractivity (Wildman–Crippen MR) is 127 cm³/mol. The number of aromatic nitrogens is 1. The summed E-state index contributed by atoms with van der Waals surface area (Å²) in [5.74, 6) is -0.557. The zero-order valence-electron chi connectivity index (χ0n) is 18.6. The summed E-state index contributed by atoms with van der Waals surface area (Å²) in [6.45, 7) is 5.38.